The molecule has 0 radical (unpaired) electrons. The largest absolute Gasteiger partial charge is 0.496 e. The van der Waals surface area contributed by atoms with Crippen molar-refractivity contribution in [1.29, 1.82) is 0 Å². The number of carbonyl (C=O) groups is 2. The summed E-state index contributed by atoms with van der Waals surface area (Å²) in [5, 5.41) is 0. The standard InChI is InChI=1S/C17H14BrFN2O3/c1-24-15-8-5-12(10-14(15)18)17(23)21-20-16(22)9-4-11-2-6-13(19)7-3-11/h2-10H,1H3,(H,20,22)(H,21,23)/b9-4+. The Morgan fingerprint density at radius 1 is 1.12 bits per heavy atom. The van der Waals surface area contributed by atoms with Gasteiger partial charge in [0.2, 0.25) is 0 Å². The minimum absolute atomic E-state index is 0.352. The number of benzene rings is 2. The number of halogens is 2. The Balaban J connectivity index is 1.90. The van der Waals surface area contributed by atoms with Gasteiger partial charge in [-0.1, -0.05) is 12.1 Å². The van der Waals surface area contributed by atoms with Gasteiger partial charge in [0.1, 0.15) is 11.6 Å². The molecule has 124 valence electrons. The zero-order valence-corrected chi connectivity index (χ0v) is 14.3. The summed E-state index contributed by atoms with van der Waals surface area (Å²) in [6, 6.07) is 10.4. The monoisotopic (exact) mass is 392 g/mol. The molecule has 2 rings (SSSR count). The van der Waals surface area contributed by atoms with Gasteiger partial charge in [-0.15, -0.1) is 0 Å². The number of hydrogen-bond donors (Lipinski definition) is 2. The molecule has 5 nitrogen and oxygen atoms in total. The second-order valence-corrected chi connectivity index (χ2v) is 5.53. The molecular weight excluding hydrogens is 379 g/mol. The topological polar surface area (TPSA) is 67.4 Å². The SMILES string of the molecule is COc1ccc(C(=O)NNC(=O)/C=C/c2ccc(F)cc2)cc1Br. The Labute approximate surface area is 146 Å². The van der Waals surface area contributed by atoms with Crippen molar-refractivity contribution in [1.82, 2.24) is 10.9 Å². The number of hydrazine groups is 1. The van der Waals surface area contributed by atoms with Gasteiger partial charge in [-0.2, -0.15) is 0 Å². The molecule has 0 fully saturated rings. The lowest BCUT2D eigenvalue weighted by Gasteiger charge is -2.07. The fourth-order valence-corrected chi connectivity index (χ4v) is 2.33. The van der Waals surface area contributed by atoms with E-state index >= 15 is 0 Å². The summed E-state index contributed by atoms with van der Waals surface area (Å²) in [6.45, 7) is 0. The second kappa shape index (κ2) is 8.26. The highest BCUT2D eigenvalue weighted by molar-refractivity contribution is 9.10. The van der Waals surface area contributed by atoms with Crippen LogP contribution in [0.2, 0.25) is 0 Å². The van der Waals surface area contributed by atoms with E-state index in [1.54, 1.807) is 18.2 Å². The van der Waals surface area contributed by atoms with Crippen LogP contribution in [-0.4, -0.2) is 18.9 Å². The summed E-state index contributed by atoms with van der Waals surface area (Å²) in [7, 11) is 1.52. The summed E-state index contributed by atoms with van der Waals surface area (Å²) >= 11 is 3.28. The van der Waals surface area contributed by atoms with Gasteiger partial charge >= 0.3 is 0 Å². The van der Waals surface area contributed by atoms with Gasteiger partial charge in [0.25, 0.3) is 11.8 Å². The van der Waals surface area contributed by atoms with E-state index in [2.05, 4.69) is 26.8 Å². The molecule has 0 aliphatic carbocycles. The van der Waals surface area contributed by atoms with Crippen LogP contribution in [0.1, 0.15) is 15.9 Å². The molecule has 2 aromatic carbocycles. The van der Waals surface area contributed by atoms with Crippen molar-refractivity contribution in [3.05, 3.63) is 70.0 Å². The number of methoxy groups -OCH3 is 1. The first-order valence-corrected chi connectivity index (χ1v) is 7.66. The highest BCUT2D eigenvalue weighted by Gasteiger charge is 2.09. The van der Waals surface area contributed by atoms with Crippen LogP contribution in [0.15, 0.2) is 53.0 Å². The van der Waals surface area contributed by atoms with E-state index in [1.807, 2.05) is 0 Å². The number of carbonyl (C=O) groups excluding carboxylic acids is 2. The van der Waals surface area contributed by atoms with Crippen molar-refractivity contribution in [2.45, 2.75) is 0 Å². The molecule has 0 bridgehead atoms. The van der Waals surface area contributed by atoms with Crippen molar-refractivity contribution in [2.75, 3.05) is 7.11 Å². The van der Waals surface area contributed by atoms with Gasteiger partial charge in [0, 0.05) is 11.6 Å². The molecular formula is C17H14BrFN2O3. The second-order valence-electron chi connectivity index (χ2n) is 4.68. The van der Waals surface area contributed by atoms with Crippen LogP contribution < -0.4 is 15.6 Å². The van der Waals surface area contributed by atoms with Gasteiger partial charge in [-0.25, -0.2) is 4.39 Å². The molecule has 0 aromatic heterocycles. The highest BCUT2D eigenvalue weighted by atomic mass is 79.9. The van der Waals surface area contributed by atoms with Gasteiger partial charge in [0.15, 0.2) is 0 Å². The van der Waals surface area contributed by atoms with E-state index in [0.29, 0.717) is 21.3 Å². The van der Waals surface area contributed by atoms with Crippen molar-refractivity contribution in [3.8, 4) is 5.75 Å². The minimum atomic E-state index is -0.514. The maximum atomic E-state index is 12.8. The summed E-state index contributed by atoms with van der Waals surface area (Å²) in [6.07, 6.45) is 2.74. The minimum Gasteiger partial charge on any atom is -0.496 e. The first kappa shape index (κ1) is 17.7. The molecule has 2 N–H and O–H groups in total. The number of hydrogen-bond acceptors (Lipinski definition) is 3. The number of nitrogens with one attached hydrogen (secondary N) is 2. The van der Waals surface area contributed by atoms with Crippen molar-refractivity contribution >= 4 is 33.8 Å². The summed E-state index contributed by atoms with van der Waals surface area (Å²) in [5.74, 6) is -0.741. The molecule has 0 unspecified atom stereocenters. The molecule has 0 saturated carbocycles. The fourth-order valence-electron chi connectivity index (χ4n) is 1.79. The molecule has 0 saturated heterocycles. The average molecular weight is 393 g/mol. The van der Waals surface area contributed by atoms with Crippen LogP contribution in [0.3, 0.4) is 0 Å². The predicted octanol–water partition coefficient (Wildman–Crippen LogP) is 3.07. The maximum Gasteiger partial charge on any atom is 0.269 e. The van der Waals surface area contributed by atoms with Crippen LogP contribution in [0, 0.1) is 5.82 Å². The molecule has 0 atom stereocenters. The maximum absolute atomic E-state index is 12.8. The number of rotatable bonds is 4. The molecule has 0 aliphatic rings. The van der Waals surface area contributed by atoms with Crippen molar-refractivity contribution in [2.24, 2.45) is 0 Å². The first-order chi connectivity index (χ1) is 11.5. The lowest BCUT2D eigenvalue weighted by atomic mass is 10.2. The zero-order valence-electron chi connectivity index (χ0n) is 12.7. The van der Waals surface area contributed by atoms with Gasteiger partial charge in [-0.3, -0.25) is 20.4 Å². The third-order valence-corrected chi connectivity index (χ3v) is 3.63. The van der Waals surface area contributed by atoms with E-state index in [9.17, 15) is 14.0 Å². The Hall–Kier alpha value is -2.67. The molecule has 0 spiro atoms. The highest BCUT2D eigenvalue weighted by Crippen LogP contribution is 2.25. The Kier molecular flexibility index (Phi) is 6.08. The quantitative estimate of drug-likeness (QED) is 0.620. The molecule has 7 heteroatoms. The van der Waals surface area contributed by atoms with Gasteiger partial charge in [-0.05, 0) is 57.9 Å². The van der Waals surface area contributed by atoms with Gasteiger partial charge < -0.3 is 4.74 Å². The predicted molar refractivity (Wildman–Crippen MR) is 91.7 cm³/mol. The van der Waals surface area contributed by atoms with Crippen LogP contribution in [-0.2, 0) is 4.79 Å². The zero-order chi connectivity index (χ0) is 17.5. The summed E-state index contributed by atoms with van der Waals surface area (Å²) < 4.78 is 18.5. The van der Waals surface area contributed by atoms with Crippen LogP contribution in [0.4, 0.5) is 4.39 Å². The Morgan fingerprint density at radius 2 is 1.83 bits per heavy atom. The Bertz CT molecular complexity index is 776. The lowest BCUT2D eigenvalue weighted by molar-refractivity contribution is -0.117. The smallest absolute Gasteiger partial charge is 0.269 e. The van der Waals surface area contributed by atoms with E-state index < -0.39 is 11.8 Å². The van der Waals surface area contributed by atoms with Crippen molar-refractivity contribution < 1.29 is 18.7 Å². The molecule has 24 heavy (non-hydrogen) atoms. The molecule has 2 amide bonds. The third kappa shape index (κ3) is 4.92. The normalized spacial score (nSPS) is 10.5. The van der Waals surface area contributed by atoms with Crippen LogP contribution in [0.5, 0.6) is 5.75 Å². The van der Waals surface area contributed by atoms with E-state index in [4.69, 9.17) is 4.74 Å². The fraction of sp³-hybridized carbons (Fsp3) is 0.0588. The third-order valence-electron chi connectivity index (χ3n) is 3.01. The summed E-state index contributed by atoms with van der Waals surface area (Å²) in [5.41, 5.74) is 5.58. The Morgan fingerprint density at radius 3 is 2.46 bits per heavy atom. The average Bonchev–Trinajstić information content (AvgIpc) is 2.59. The number of amides is 2. The molecule has 0 heterocycles. The van der Waals surface area contributed by atoms with Crippen LogP contribution >= 0.6 is 15.9 Å². The van der Waals surface area contributed by atoms with Crippen LogP contribution in [0.25, 0.3) is 6.08 Å². The van der Waals surface area contributed by atoms with E-state index in [0.717, 1.165) is 0 Å². The van der Waals surface area contributed by atoms with Gasteiger partial charge in [0.05, 0.1) is 11.6 Å². The molecule has 0 aliphatic heterocycles. The first-order valence-electron chi connectivity index (χ1n) is 6.87. The molecule has 2 aromatic rings. The van der Waals surface area contributed by atoms with E-state index in [1.165, 1.54) is 43.5 Å². The lowest BCUT2D eigenvalue weighted by Crippen LogP contribution is -2.40. The van der Waals surface area contributed by atoms with E-state index in [-0.39, 0.29) is 5.82 Å². The van der Waals surface area contributed by atoms with Crippen molar-refractivity contribution in [3.63, 3.8) is 0 Å². The summed E-state index contributed by atoms with van der Waals surface area (Å²) in [4.78, 5) is 23.6. The number of ether oxygens (including phenoxy) is 1.